The normalized spacial score (nSPS) is 27.8. The zero-order chi connectivity index (χ0) is 32.7. The number of phenolic OH excluding ortho intramolecular Hbond substituents is 1. The average molecular weight is 633 g/mol. The van der Waals surface area contributed by atoms with Crippen molar-refractivity contribution in [3.8, 4) is 16.2 Å². The summed E-state index contributed by atoms with van der Waals surface area (Å²) in [5, 5.41) is 61.2. The van der Waals surface area contributed by atoms with Crippen LogP contribution in [-0.4, -0.2) is 84.7 Å². The maximum atomic E-state index is 14.2. The standard InChI is InChI=1S/C32H32N4O8S/c1-12-15-10-11-16(35-31-34-13(2)27(45-31)14-8-6-5-7-9-14)23(37)18(15)24(38)19-17(12)25(39)21-22(36(3)4)26(40)20(30(33)43)29(42)32(21,44)28(19)41/h5-12,17,21-22,25,37-39,42,44H,1-4H3,(H2,33,43)(H,34,35)/t12-,17?,21?,22-,25?,32-/m0/s1. The Morgan fingerprint density at radius 3 is 2.38 bits per heavy atom. The van der Waals surface area contributed by atoms with Gasteiger partial charge in [-0.25, -0.2) is 4.98 Å². The number of ketones is 2. The molecule has 6 atom stereocenters. The van der Waals surface area contributed by atoms with Crippen LogP contribution in [0.25, 0.3) is 16.2 Å². The Hall–Kier alpha value is -4.56. The van der Waals surface area contributed by atoms with Gasteiger partial charge in [0.15, 0.2) is 16.5 Å². The highest BCUT2D eigenvalue weighted by atomic mass is 32.1. The SMILES string of the molecule is Cc1nc(Nc2ccc3c(c2O)C(O)=C2C(=O)[C@]4(O)C(O)=C(C(N)=O)C(=O)[C@@H](N(C)C)C4C(O)C2[C@H]3C)sc1-c1ccccc1. The number of fused-ring (bicyclic) bond motifs is 3. The first-order valence-electron chi connectivity index (χ1n) is 14.2. The fraction of sp³-hybridized carbons (Fsp3) is 0.312. The third kappa shape index (κ3) is 4.22. The van der Waals surface area contributed by atoms with E-state index in [0.717, 1.165) is 16.1 Å². The fourth-order valence-corrected chi connectivity index (χ4v) is 8.12. The van der Waals surface area contributed by atoms with Crippen LogP contribution in [-0.2, 0) is 14.4 Å². The van der Waals surface area contributed by atoms with Crippen molar-refractivity contribution in [1.29, 1.82) is 0 Å². The summed E-state index contributed by atoms with van der Waals surface area (Å²) >= 11 is 1.36. The van der Waals surface area contributed by atoms with Crippen LogP contribution in [0, 0.1) is 18.8 Å². The van der Waals surface area contributed by atoms with E-state index in [0.29, 0.717) is 10.7 Å². The number of aromatic hydroxyl groups is 1. The first-order valence-corrected chi connectivity index (χ1v) is 15.0. The molecule has 0 spiro atoms. The minimum absolute atomic E-state index is 0.104. The van der Waals surface area contributed by atoms with Crippen molar-refractivity contribution in [2.45, 2.75) is 37.5 Å². The van der Waals surface area contributed by atoms with Gasteiger partial charge in [-0.05, 0) is 44.1 Å². The summed E-state index contributed by atoms with van der Waals surface area (Å²) in [5.74, 6) is -9.37. The van der Waals surface area contributed by atoms with Crippen molar-refractivity contribution < 1.29 is 39.9 Å². The van der Waals surface area contributed by atoms with E-state index in [4.69, 9.17) is 5.73 Å². The van der Waals surface area contributed by atoms with Crippen molar-refractivity contribution in [3.63, 3.8) is 0 Å². The van der Waals surface area contributed by atoms with Gasteiger partial charge in [-0.2, -0.15) is 0 Å². The molecule has 13 heteroatoms. The molecule has 1 saturated carbocycles. The number of phenols is 1. The second kappa shape index (κ2) is 10.5. The number of hydrogen-bond acceptors (Lipinski definition) is 12. The fourth-order valence-electron chi connectivity index (χ4n) is 7.14. The zero-order valence-electron chi connectivity index (χ0n) is 24.8. The molecule has 12 nitrogen and oxygen atoms in total. The molecule has 45 heavy (non-hydrogen) atoms. The minimum atomic E-state index is -2.97. The van der Waals surface area contributed by atoms with Crippen molar-refractivity contribution in [2.75, 3.05) is 19.4 Å². The highest BCUT2D eigenvalue weighted by Crippen LogP contribution is 2.57. The Labute approximate surface area is 261 Å². The number of likely N-dealkylation sites (N-methyl/N-ethyl adjacent to an activating group) is 1. The molecule has 0 radical (unpaired) electrons. The Balaban J connectivity index is 1.48. The van der Waals surface area contributed by atoms with Crippen LogP contribution in [0.5, 0.6) is 5.75 Å². The molecule has 8 N–H and O–H groups in total. The van der Waals surface area contributed by atoms with Crippen molar-refractivity contribution in [3.05, 3.63) is 76.2 Å². The summed E-state index contributed by atoms with van der Waals surface area (Å²) in [7, 11) is 2.92. The first-order chi connectivity index (χ1) is 21.2. The number of thiazole rings is 1. The highest BCUT2D eigenvalue weighted by molar-refractivity contribution is 7.19. The molecule has 3 aromatic rings. The zero-order valence-corrected chi connectivity index (χ0v) is 25.6. The second-order valence-electron chi connectivity index (χ2n) is 11.9. The number of carbonyl (C=O) groups excluding carboxylic acids is 3. The summed E-state index contributed by atoms with van der Waals surface area (Å²) in [6.07, 6.45) is -1.66. The van der Waals surface area contributed by atoms with Crippen molar-refractivity contribution >= 4 is 45.4 Å². The maximum absolute atomic E-state index is 14.2. The van der Waals surface area contributed by atoms with Gasteiger partial charge in [0, 0.05) is 11.5 Å². The highest BCUT2D eigenvalue weighted by Gasteiger charge is 2.68. The quantitative estimate of drug-likeness (QED) is 0.161. The van der Waals surface area contributed by atoms with E-state index in [1.807, 2.05) is 37.3 Å². The molecule has 1 aromatic heterocycles. The summed E-state index contributed by atoms with van der Waals surface area (Å²) in [6, 6.07) is 11.5. The van der Waals surface area contributed by atoms with Crippen molar-refractivity contribution in [1.82, 2.24) is 9.88 Å². The van der Waals surface area contributed by atoms with Gasteiger partial charge in [0.25, 0.3) is 5.91 Å². The molecule has 6 rings (SSSR count). The van der Waals surface area contributed by atoms with Crippen LogP contribution in [0.2, 0.25) is 0 Å². The van der Waals surface area contributed by atoms with E-state index in [2.05, 4.69) is 10.3 Å². The molecule has 2 aromatic carbocycles. The molecular formula is C32H32N4O8S. The number of nitrogens with two attached hydrogens (primary N) is 1. The summed E-state index contributed by atoms with van der Waals surface area (Å²) < 4.78 is 0. The Morgan fingerprint density at radius 2 is 1.76 bits per heavy atom. The number of rotatable bonds is 5. The molecular weight excluding hydrogens is 600 g/mol. The van der Waals surface area contributed by atoms with Gasteiger partial charge in [-0.15, -0.1) is 0 Å². The number of amides is 1. The van der Waals surface area contributed by atoms with Gasteiger partial charge >= 0.3 is 0 Å². The lowest BCUT2D eigenvalue weighted by Gasteiger charge is -2.53. The van der Waals surface area contributed by atoms with Gasteiger partial charge in [-0.1, -0.05) is 54.7 Å². The molecule has 1 heterocycles. The number of aliphatic hydroxyl groups is 4. The molecule has 3 unspecified atom stereocenters. The second-order valence-corrected chi connectivity index (χ2v) is 12.9. The maximum Gasteiger partial charge on any atom is 0.255 e. The third-order valence-electron chi connectivity index (χ3n) is 9.20. The average Bonchev–Trinajstić information content (AvgIpc) is 3.35. The summed E-state index contributed by atoms with van der Waals surface area (Å²) in [4.78, 5) is 46.5. The van der Waals surface area contributed by atoms with Gasteiger partial charge in [0.05, 0.1) is 39.9 Å². The molecule has 0 saturated heterocycles. The van der Waals surface area contributed by atoms with E-state index in [1.165, 1.54) is 30.3 Å². The Bertz CT molecular complexity index is 1850. The number of nitrogens with one attached hydrogen (secondary N) is 1. The van der Waals surface area contributed by atoms with Crippen LogP contribution in [0.1, 0.15) is 29.7 Å². The number of anilines is 2. The first kappa shape index (κ1) is 30.5. The summed E-state index contributed by atoms with van der Waals surface area (Å²) in [5.41, 5.74) is 3.21. The van der Waals surface area contributed by atoms with E-state index in [9.17, 15) is 39.9 Å². The van der Waals surface area contributed by atoms with Gasteiger partial charge < -0.3 is 36.6 Å². The van der Waals surface area contributed by atoms with Crippen LogP contribution < -0.4 is 11.1 Å². The Kier molecular flexibility index (Phi) is 7.12. The summed E-state index contributed by atoms with van der Waals surface area (Å²) in [6.45, 7) is 3.54. The number of primary amides is 1. The van der Waals surface area contributed by atoms with E-state index >= 15 is 0 Å². The molecule has 234 valence electrons. The van der Waals surface area contributed by atoms with Crippen LogP contribution >= 0.6 is 11.3 Å². The number of carbonyl (C=O) groups is 3. The van der Waals surface area contributed by atoms with E-state index < -0.39 is 81.4 Å². The van der Waals surface area contributed by atoms with Crippen LogP contribution in [0.4, 0.5) is 10.8 Å². The number of benzene rings is 2. The largest absolute Gasteiger partial charge is 0.508 e. The molecule has 1 amide bonds. The lowest BCUT2D eigenvalue weighted by atomic mass is 9.54. The van der Waals surface area contributed by atoms with Gasteiger partial charge in [0.1, 0.15) is 22.8 Å². The number of hydrogen-bond donors (Lipinski definition) is 7. The number of aliphatic hydroxyl groups excluding tert-OH is 3. The van der Waals surface area contributed by atoms with Gasteiger partial charge in [-0.3, -0.25) is 19.3 Å². The number of aromatic nitrogens is 1. The number of aryl methyl sites for hydroxylation is 1. The number of nitrogens with zero attached hydrogens (tertiary/aromatic N) is 2. The minimum Gasteiger partial charge on any atom is -0.508 e. The predicted octanol–water partition coefficient (Wildman–Crippen LogP) is 2.67. The topological polar surface area (TPSA) is 207 Å². The molecule has 3 aliphatic rings. The Morgan fingerprint density at radius 1 is 1.09 bits per heavy atom. The lowest BCUT2D eigenvalue weighted by Crippen LogP contribution is -2.70. The van der Waals surface area contributed by atoms with E-state index in [1.54, 1.807) is 19.1 Å². The lowest BCUT2D eigenvalue weighted by molar-refractivity contribution is -0.169. The van der Waals surface area contributed by atoms with Crippen LogP contribution in [0.15, 0.2) is 59.4 Å². The van der Waals surface area contributed by atoms with Crippen LogP contribution in [0.3, 0.4) is 0 Å². The monoisotopic (exact) mass is 632 g/mol. The molecule has 3 aliphatic carbocycles. The van der Waals surface area contributed by atoms with Gasteiger partial charge in [0.2, 0.25) is 5.78 Å². The van der Waals surface area contributed by atoms with Crippen molar-refractivity contribution in [2.24, 2.45) is 17.6 Å². The third-order valence-corrected chi connectivity index (χ3v) is 10.3. The predicted molar refractivity (Wildman–Crippen MR) is 166 cm³/mol. The van der Waals surface area contributed by atoms with E-state index in [-0.39, 0.29) is 11.3 Å². The molecule has 0 aliphatic heterocycles. The smallest absolute Gasteiger partial charge is 0.255 e. The number of Topliss-reactive ketones (excluding diaryl/α,β-unsaturated/α-hetero) is 2. The molecule has 0 bridgehead atoms. The molecule has 1 fully saturated rings.